The van der Waals surface area contributed by atoms with Crippen LogP contribution in [0.3, 0.4) is 0 Å². The fourth-order valence-electron chi connectivity index (χ4n) is 4.03. The molecule has 1 aliphatic carbocycles. The van der Waals surface area contributed by atoms with E-state index in [2.05, 4.69) is 22.4 Å². The minimum absolute atomic E-state index is 0.0559. The van der Waals surface area contributed by atoms with Crippen molar-refractivity contribution in [1.82, 2.24) is 10.2 Å². The van der Waals surface area contributed by atoms with E-state index in [1.54, 1.807) is 13.2 Å². The number of rotatable bonds is 5. The molecule has 29 heavy (non-hydrogen) atoms. The molecule has 1 aliphatic rings. The number of nitrogens with one attached hydrogen (secondary N) is 1. The number of phenols is 1. The monoisotopic (exact) mass is 389 g/mol. The Kier molecular flexibility index (Phi) is 5.01. The van der Waals surface area contributed by atoms with Crippen LogP contribution in [0.1, 0.15) is 39.2 Å². The average Bonchev–Trinajstić information content (AvgIpc) is 2.67. The average molecular weight is 389 g/mol. The Morgan fingerprint density at radius 2 is 1.86 bits per heavy atom. The number of aromatic hydroxyl groups is 1. The molecule has 2 N–H and O–H groups in total. The number of aromatic nitrogens is 2. The Balaban J connectivity index is 1.70. The van der Waals surface area contributed by atoms with Crippen LogP contribution in [0.25, 0.3) is 28.1 Å². The summed E-state index contributed by atoms with van der Waals surface area (Å²) < 4.78 is 5.54. The molecule has 0 spiro atoms. The summed E-state index contributed by atoms with van der Waals surface area (Å²) in [6.45, 7) is 6.19. The third-order valence-corrected chi connectivity index (χ3v) is 5.61. The van der Waals surface area contributed by atoms with Crippen LogP contribution in [-0.2, 0) is 4.74 Å². The van der Waals surface area contributed by atoms with E-state index in [4.69, 9.17) is 4.74 Å². The summed E-state index contributed by atoms with van der Waals surface area (Å²) in [7, 11) is 1.76. The van der Waals surface area contributed by atoms with E-state index < -0.39 is 0 Å². The molecule has 1 aromatic heterocycles. The first kappa shape index (κ1) is 19.4. The van der Waals surface area contributed by atoms with Gasteiger partial charge in [-0.15, -0.1) is 10.2 Å². The first-order valence-corrected chi connectivity index (χ1v) is 9.94. The first-order valence-electron chi connectivity index (χ1n) is 9.94. The lowest BCUT2D eigenvalue weighted by Gasteiger charge is -2.44. The molecule has 1 heterocycles. The van der Waals surface area contributed by atoms with Crippen molar-refractivity contribution in [1.29, 1.82) is 0 Å². The van der Waals surface area contributed by atoms with Gasteiger partial charge < -0.3 is 15.2 Å². The third-order valence-electron chi connectivity index (χ3n) is 5.61. The lowest BCUT2D eigenvalue weighted by Crippen LogP contribution is -2.49. The minimum Gasteiger partial charge on any atom is -0.507 e. The van der Waals surface area contributed by atoms with Crippen molar-refractivity contribution >= 4 is 22.7 Å². The highest BCUT2D eigenvalue weighted by Gasteiger charge is 2.40. The molecular weight excluding hydrogens is 362 g/mol. The predicted molar refractivity (Wildman–Crippen MR) is 118 cm³/mol. The molecule has 0 aliphatic heterocycles. The van der Waals surface area contributed by atoms with Gasteiger partial charge in [-0.1, -0.05) is 42.0 Å². The van der Waals surface area contributed by atoms with Gasteiger partial charge in [-0.3, -0.25) is 0 Å². The summed E-state index contributed by atoms with van der Waals surface area (Å²) in [5.74, 6) is 0.975. The smallest absolute Gasteiger partial charge is 0.156 e. The van der Waals surface area contributed by atoms with Crippen LogP contribution in [0.15, 0.2) is 48.0 Å². The molecule has 1 saturated carbocycles. The zero-order valence-corrected chi connectivity index (χ0v) is 17.4. The SMILES string of the molecule is COC1(C)CC(Nc2nnc(-c3ccc(C=C(C)C)cc3O)c3ccccc23)C1. The van der Waals surface area contributed by atoms with Gasteiger partial charge in [0.15, 0.2) is 5.82 Å². The molecule has 5 nitrogen and oxygen atoms in total. The van der Waals surface area contributed by atoms with Gasteiger partial charge in [0.2, 0.25) is 0 Å². The van der Waals surface area contributed by atoms with Gasteiger partial charge in [-0.05, 0) is 51.3 Å². The number of fused-ring (bicyclic) bond motifs is 1. The molecule has 3 aromatic rings. The maximum Gasteiger partial charge on any atom is 0.156 e. The number of anilines is 1. The molecule has 1 fully saturated rings. The molecule has 0 unspecified atom stereocenters. The topological polar surface area (TPSA) is 67.3 Å². The van der Waals surface area contributed by atoms with E-state index in [0.717, 1.165) is 35.0 Å². The van der Waals surface area contributed by atoms with E-state index in [0.29, 0.717) is 17.3 Å². The maximum atomic E-state index is 10.6. The van der Waals surface area contributed by atoms with Crippen LogP contribution < -0.4 is 5.32 Å². The zero-order valence-electron chi connectivity index (χ0n) is 17.4. The summed E-state index contributed by atoms with van der Waals surface area (Å²) in [4.78, 5) is 0. The number of allylic oxidation sites excluding steroid dienone is 1. The minimum atomic E-state index is -0.0559. The Morgan fingerprint density at radius 3 is 2.52 bits per heavy atom. The van der Waals surface area contributed by atoms with E-state index in [1.807, 2.05) is 56.3 Å². The van der Waals surface area contributed by atoms with Gasteiger partial charge in [0, 0.05) is 29.5 Å². The Labute approximate surface area is 171 Å². The van der Waals surface area contributed by atoms with Crippen molar-refractivity contribution in [3.05, 3.63) is 53.6 Å². The van der Waals surface area contributed by atoms with E-state index in [1.165, 1.54) is 5.57 Å². The molecule has 0 saturated heterocycles. The number of hydrogen-bond donors (Lipinski definition) is 2. The standard InChI is InChI=1S/C24H27N3O2/c1-15(2)11-16-9-10-20(21(28)12-16)22-18-7-5-6-8-19(18)23(27-26-22)25-17-13-24(3,14-17)29-4/h5-12,17,28H,13-14H2,1-4H3,(H,25,27). The van der Waals surface area contributed by atoms with E-state index >= 15 is 0 Å². The Bertz CT molecular complexity index is 1080. The van der Waals surface area contributed by atoms with E-state index in [9.17, 15) is 5.11 Å². The largest absolute Gasteiger partial charge is 0.507 e. The molecular formula is C24H27N3O2. The molecule has 0 radical (unpaired) electrons. The van der Waals surface area contributed by atoms with Gasteiger partial charge in [0.1, 0.15) is 11.4 Å². The highest BCUT2D eigenvalue weighted by molar-refractivity contribution is 6.01. The van der Waals surface area contributed by atoms with Gasteiger partial charge in [-0.2, -0.15) is 0 Å². The summed E-state index contributed by atoms with van der Waals surface area (Å²) in [6, 6.07) is 14.0. The summed E-state index contributed by atoms with van der Waals surface area (Å²) in [5.41, 5.74) is 3.45. The zero-order chi connectivity index (χ0) is 20.6. The number of ether oxygens (including phenoxy) is 1. The van der Waals surface area contributed by atoms with Crippen LogP contribution in [0.5, 0.6) is 5.75 Å². The highest BCUT2D eigenvalue weighted by atomic mass is 16.5. The van der Waals surface area contributed by atoms with Crippen LogP contribution in [0.2, 0.25) is 0 Å². The third kappa shape index (κ3) is 3.83. The van der Waals surface area contributed by atoms with Gasteiger partial charge >= 0.3 is 0 Å². The molecule has 0 bridgehead atoms. The molecule has 0 amide bonds. The number of phenolic OH excluding ortho intramolecular Hbond substituents is 1. The van der Waals surface area contributed by atoms with Crippen LogP contribution in [0, 0.1) is 0 Å². The van der Waals surface area contributed by atoms with Crippen LogP contribution in [0.4, 0.5) is 5.82 Å². The van der Waals surface area contributed by atoms with Gasteiger partial charge in [-0.25, -0.2) is 0 Å². The first-order chi connectivity index (χ1) is 13.9. The number of methoxy groups -OCH3 is 1. The molecule has 0 atom stereocenters. The van der Waals surface area contributed by atoms with Crippen LogP contribution in [-0.4, -0.2) is 34.1 Å². The molecule has 5 heteroatoms. The summed E-state index contributed by atoms with van der Waals surface area (Å²) in [6.07, 6.45) is 3.91. The van der Waals surface area contributed by atoms with Crippen molar-refractivity contribution in [2.45, 2.75) is 45.3 Å². The van der Waals surface area contributed by atoms with E-state index in [-0.39, 0.29) is 11.4 Å². The molecule has 150 valence electrons. The normalized spacial score (nSPS) is 20.9. The molecule has 2 aromatic carbocycles. The Hall–Kier alpha value is -2.92. The predicted octanol–water partition coefficient (Wildman–Crippen LogP) is 5.41. The van der Waals surface area contributed by atoms with Crippen molar-refractivity contribution in [3.63, 3.8) is 0 Å². The summed E-state index contributed by atoms with van der Waals surface area (Å²) in [5, 5.41) is 25.0. The van der Waals surface area contributed by atoms with Crippen molar-refractivity contribution < 1.29 is 9.84 Å². The second-order valence-electron chi connectivity index (χ2n) is 8.34. The molecule has 4 rings (SSSR count). The lowest BCUT2D eigenvalue weighted by atomic mass is 9.77. The Morgan fingerprint density at radius 1 is 1.14 bits per heavy atom. The fourth-order valence-corrected chi connectivity index (χ4v) is 4.03. The van der Waals surface area contributed by atoms with Gasteiger partial charge in [0.05, 0.1) is 5.60 Å². The fraction of sp³-hybridized carbons (Fsp3) is 0.333. The van der Waals surface area contributed by atoms with Crippen molar-refractivity contribution in [2.75, 3.05) is 12.4 Å². The quantitative estimate of drug-likeness (QED) is 0.611. The van der Waals surface area contributed by atoms with Gasteiger partial charge in [0.25, 0.3) is 0 Å². The van der Waals surface area contributed by atoms with Crippen molar-refractivity contribution in [2.24, 2.45) is 0 Å². The van der Waals surface area contributed by atoms with Crippen molar-refractivity contribution in [3.8, 4) is 17.0 Å². The maximum absolute atomic E-state index is 10.6. The second-order valence-corrected chi connectivity index (χ2v) is 8.34. The summed E-state index contributed by atoms with van der Waals surface area (Å²) >= 11 is 0. The lowest BCUT2D eigenvalue weighted by molar-refractivity contribution is -0.0625. The van der Waals surface area contributed by atoms with Crippen LogP contribution >= 0.6 is 0 Å². The second kappa shape index (κ2) is 7.48. The number of hydrogen-bond acceptors (Lipinski definition) is 5. The number of benzene rings is 2. The number of nitrogens with zero attached hydrogens (tertiary/aromatic N) is 2. The highest BCUT2D eigenvalue weighted by Crippen LogP contribution is 2.39.